The Balaban J connectivity index is 2.90. The molecule has 17 heavy (non-hydrogen) atoms. The van der Waals surface area contributed by atoms with Gasteiger partial charge >= 0.3 is 0 Å². The third kappa shape index (κ3) is 3.60. The van der Waals surface area contributed by atoms with Crippen LogP contribution in [0.3, 0.4) is 0 Å². The zero-order valence-corrected chi connectivity index (χ0v) is 11.2. The van der Waals surface area contributed by atoms with Gasteiger partial charge in [-0.15, -0.1) is 0 Å². The second kappa shape index (κ2) is 6.84. The van der Waals surface area contributed by atoms with Crippen LogP contribution in [0.2, 0.25) is 5.02 Å². The SMILES string of the molecule is CCCC(OC)C(O)c1ccc(Cl)c(OC)c1. The molecule has 0 aromatic heterocycles. The molecule has 2 unspecified atom stereocenters. The van der Waals surface area contributed by atoms with E-state index in [0.717, 1.165) is 18.4 Å². The van der Waals surface area contributed by atoms with Crippen LogP contribution in [0, 0.1) is 0 Å². The molecule has 0 bridgehead atoms. The number of rotatable bonds is 6. The lowest BCUT2D eigenvalue weighted by molar-refractivity contribution is -0.0180. The van der Waals surface area contributed by atoms with Gasteiger partial charge in [0.05, 0.1) is 18.2 Å². The summed E-state index contributed by atoms with van der Waals surface area (Å²) in [6, 6.07) is 5.25. The maximum absolute atomic E-state index is 10.2. The van der Waals surface area contributed by atoms with E-state index >= 15 is 0 Å². The summed E-state index contributed by atoms with van der Waals surface area (Å²) in [4.78, 5) is 0. The van der Waals surface area contributed by atoms with Crippen LogP contribution in [-0.2, 0) is 4.74 Å². The summed E-state index contributed by atoms with van der Waals surface area (Å²) in [7, 11) is 3.16. The van der Waals surface area contributed by atoms with Crippen molar-refractivity contribution in [2.45, 2.75) is 32.0 Å². The Morgan fingerprint density at radius 1 is 1.35 bits per heavy atom. The van der Waals surface area contributed by atoms with Crippen LogP contribution in [-0.4, -0.2) is 25.4 Å². The molecule has 1 rings (SSSR count). The van der Waals surface area contributed by atoms with Gasteiger partial charge in [0.15, 0.2) is 0 Å². The molecular weight excluding hydrogens is 240 g/mol. The van der Waals surface area contributed by atoms with Crippen LogP contribution in [0.4, 0.5) is 0 Å². The number of aliphatic hydroxyl groups excluding tert-OH is 1. The number of methoxy groups -OCH3 is 2. The Morgan fingerprint density at radius 2 is 2.06 bits per heavy atom. The molecule has 0 radical (unpaired) electrons. The molecule has 0 aliphatic rings. The lowest BCUT2D eigenvalue weighted by Crippen LogP contribution is -2.20. The first-order valence-corrected chi connectivity index (χ1v) is 6.06. The second-order valence-corrected chi connectivity index (χ2v) is 4.31. The normalized spacial score (nSPS) is 14.4. The van der Waals surface area contributed by atoms with Crippen molar-refractivity contribution in [2.75, 3.05) is 14.2 Å². The molecule has 0 saturated heterocycles. The smallest absolute Gasteiger partial charge is 0.137 e. The molecule has 1 aromatic carbocycles. The van der Waals surface area contributed by atoms with Crippen LogP contribution in [0.5, 0.6) is 5.75 Å². The van der Waals surface area contributed by atoms with Gasteiger partial charge < -0.3 is 14.6 Å². The maximum atomic E-state index is 10.2. The Morgan fingerprint density at radius 3 is 2.59 bits per heavy atom. The molecule has 96 valence electrons. The summed E-state index contributed by atoms with van der Waals surface area (Å²) < 4.78 is 10.4. The summed E-state index contributed by atoms with van der Waals surface area (Å²) in [6.07, 6.45) is 0.903. The number of halogens is 1. The fourth-order valence-corrected chi connectivity index (χ4v) is 1.96. The summed E-state index contributed by atoms with van der Waals surface area (Å²) in [6.45, 7) is 2.06. The largest absolute Gasteiger partial charge is 0.495 e. The van der Waals surface area contributed by atoms with Gasteiger partial charge in [0.1, 0.15) is 11.9 Å². The first-order chi connectivity index (χ1) is 8.13. The zero-order valence-electron chi connectivity index (χ0n) is 10.4. The van der Waals surface area contributed by atoms with Gasteiger partial charge in [-0.3, -0.25) is 0 Å². The van der Waals surface area contributed by atoms with Gasteiger partial charge in [-0.25, -0.2) is 0 Å². The van der Waals surface area contributed by atoms with Gasteiger partial charge in [0.2, 0.25) is 0 Å². The van der Waals surface area contributed by atoms with Gasteiger partial charge in [-0.05, 0) is 24.1 Å². The van der Waals surface area contributed by atoms with E-state index in [-0.39, 0.29) is 6.10 Å². The van der Waals surface area contributed by atoms with Crippen molar-refractivity contribution in [3.63, 3.8) is 0 Å². The van der Waals surface area contributed by atoms with Gasteiger partial charge in [-0.1, -0.05) is 31.0 Å². The van der Waals surface area contributed by atoms with Crippen LogP contribution >= 0.6 is 11.6 Å². The average Bonchev–Trinajstić information content (AvgIpc) is 2.35. The van der Waals surface area contributed by atoms with Crippen LogP contribution in [0.25, 0.3) is 0 Å². The van der Waals surface area contributed by atoms with Crippen molar-refractivity contribution in [1.29, 1.82) is 0 Å². The zero-order chi connectivity index (χ0) is 12.8. The molecule has 1 N–H and O–H groups in total. The molecule has 0 aliphatic carbocycles. The molecular formula is C13H19ClO3. The molecule has 0 aliphatic heterocycles. The summed E-state index contributed by atoms with van der Waals surface area (Å²) >= 11 is 5.94. The Hall–Kier alpha value is -0.770. The highest BCUT2D eigenvalue weighted by Crippen LogP contribution is 2.30. The lowest BCUT2D eigenvalue weighted by Gasteiger charge is -2.22. The predicted molar refractivity (Wildman–Crippen MR) is 68.7 cm³/mol. The number of hydrogen-bond donors (Lipinski definition) is 1. The Kier molecular flexibility index (Phi) is 5.75. The maximum Gasteiger partial charge on any atom is 0.137 e. The number of hydrogen-bond acceptors (Lipinski definition) is 3. The molecule has 0 fully saturated rings. The second-order valence-electron chi connectivity index (χ2n) is 3.90. The van der Waals surface area contributed by atoms with Crippen molar-refractivity contribution in [1.82, 2.24) is 0 Å². The van der Waals surface area contributed by atoms with Crippen molar-refractivity contribution >= 4 is 11.6 Å². The quantitative estimate of drug-likeness (QED) is 0.852. The first-order valence-electron chi connectivity index (χ1n) is 5.68. The number of aliphatic hydroxyl groups is 1. The van der Waals surface area contributed by atoms with Crippen LogP contribution < -0.4 is 4.74 Å². The molecule has 4 heteroatoms. The van der Waals surface area contributed by atoms with Gasteiger partial charge in [0.25, 0.3) is 0 Å². The van der Waals surface area contributed by atoms with Crippen LogP contribution in [0.15, 0.2) is 18.2 Å². The van der Waals surface area contributed by atoms with E-state index in [2.05, 4.69) is 6.92 Å². The van der Waals surface area contributed by atoms with E-state index in [1.54, 1.807) is 32.4 Å². The Labute approximate surface area is 107 Å². The van der Waals surface area contributed by atoms with Crippen molar-refractivity contribution < 1.29 is 14.6 Å². The predicted octanol–water partition coefficient (Wildman–Crippen LogP) is 3.20. The molecule has 0 heterocycles. The van der Waals surface area contributed by atoms with Crippen LogP contribution in [0.1, 0.15) is 31.4 Å². The van der Waals surface area contributed by atoms with E-state index in [1.165, 1.54) is 0 Å². The monoisotopic (exact) mass is 258 g/mol. The average molecular weight is 259 g/mol. The Bertz CT molecular complexity index is 355. The van der Waals surface area contributed by atoms with E-state index in [9.17, 15) is 5.11 Å². The van der Waals surface area contributed by atoms with E-state index in [0.29, 0.717) is 10.8 Å². The highest BCUT2D eigenvalue weighted by Gasteiger charge is 2.20. The summed E-state index contributed by atoms with van der Waals surface area (Å²) in [5.41, 5.74) is 0.756. The van der Waals surface area contributed by atoms with E-state index < -0.39 is 6.10 Å². The minimum atomic E-state index is -0.661. The van der Waals surface area contributed by atoms with Gasteiger partial charge in [0, 0.05) is 7.11 Å². The molecule has 1 aromatic rings. The van der Waals surface area contributed by atoms with E-state index in [4.69, 9.17) is 21.1 Å². The first kappa shape index (κ1) is 14.3. The highest BCUT2D eigenvalue weighted by atomic mass is 35.5. The molecule has 0 spiro atoms. The highest BCUT2D eigenvalue weighted by molar-refractivity contribution is 6.32. The molecule has 2 atom stereocenters. The minimum Gasteiger partial charge on any atom is -0.495 e. The van der Waals surface area contributed by atoms with E-state index in [1.807, 2.05) is 0 Å². The fraction of sp³-hybridized carbons (Fsp3) is 0.538. The molecule has 0 saturated carbocycles. The number of benzene rings is 1. The fourth-order valence-electron chi connectivity index (χ4n) is 1.76. The van der Waals surface area contributed by atoms with Crippen molar-refractivity contribution in [2.24, 2.45) is 0 Å². The topological polar surface area (TPSA) is 38.7 Å². The third-order valence-corrected chi connectivity index (χ3v) is 3.06. The standard InChI is InChI=1S/C13H19ClO3/c1-4-5-11(16-2)13(15)9-6-7-10(14)12(8-9)17-3/h6-8,11,13,15H,4-5H2,1-3H3. The van der Waals surface area contributed by atoms with Crippen molar-refractivity contribution in [3.05, 3.63) is 28.8 Å². The summed E-state index contributed by atoms with van der Waals surface area (Å²) in [5.74, 6) is 0.564. The number of ether oxygens (including phenoxy) is 2. The minimum absolute atomic E-state index is 0.203. The lowest BCUT2D eigenvalue weighted by atomic mass is 10.0. The summed E-state index contributed by atoms with van der Waals surface area (Å²) in [5, 5.41) is 10.7. The van der Waals surface area contributed by atoms with Gasteiger partial charge in [-0.2, -0.15) is 0 Å². The molecule has 0 amide bonds. The molecule has 3 nitrogen and oxygen atoms in total. The third-order valence-electron chi connectivity index (χ3n) is 2.74. The van der Waals surface area contributed by atoms with Crippen molar-refractivity contribution in [3.8, 4) is 5.75 Å².